The minimum atomic E-state index is -1.04. The number of fused-ring (bicyclic) bond motifs is 1. The van der Waals surface area contributed by atoms with Crippen LogP contribution in [0.5, 0.6) is 5.75 Å². The molecule has 0 aliphatic rings. The molecule has 0 aliphatic heterocycles. The van der Waals surface area contributed by atoms with E-state index in [1.165, 1.54) is 0 Å². The van der Waals surface area contributed by atoms with Crippen LogP contribution in [0.1, 0.15) is 41.0 Å². The topological polar surface area (TPSA) is 80.9 Å². The summed E-state index contributed by atoms with van der Waals surface area (Å²) >= 11 is 3.33. The van der Waals surface area contributed by atoms with Crippen molar-refractivity contribution in [3.63, 3.8) is 0 Å². The van der Waals surface area contributed by atoms with Crippen molar-refractivity contribution in [3.05, 3.63) is 64.0 Å². The second-order valence-corrected chi connectivity index (χ2v) is 7.03. The number of halogens is 1. The molecule has 0 aliphatic carbocycles. The second-order valence-electron chi connectivity index (χ2n) is 6.11. The number of imidazole rings is 1. The molecule has 1 unspecified atom stereocenters. The molecule has 2 aromatic heterocycles. The van der Waals surface area contributed by atoms with Crippen LogP contribution < -0.4 is 4.74 Å². The summed E-state index contributed by atoms with van der Waals surface area (Å²) in [4.78, 5) is 29.2. The summed E-state index contributed by atoms with van der Waals surface area (Å²) < 4.78 is 8.09. The summed E-state index contributed by atoms with van der Waals surface area (Å²) in [5.41, 5.74) is 2.07. The Morgan fingerprint density at radius 2 is 1.96 bits per heavy atom. The minimum Gasteiger partial charge on any atom is -0.490 e. The molecule has 7 heteroatoms. The highest BCUT2D eigenvalue weighted by molar-refractivity contribution is 9.10. The molecule has 0 amide bonds. The van der Waals surface area contributed by atoms with Gasteiger partial charge in [-0.1, -0.05) is 28.1 Å². The Bertz CT molecular complexity index is 995. The molecule has 0 saturated heterocycles. The first-order chi connectivity index (χ1) is 12.9. The lowest BCUT2D eigenvalue weighted by Crippen LogP contribution is -2.18. The number of aryl methyl sites for hydroxylation is 1. The molecule has 6 nitrogen and oxygen atoms in total. The zero-order valence-electron chi connectivity index (χ0n) is 15.0. The molecule has 1 atom stereocenters. The largest absolute Gasteiger partial charge is 0.490 e. The highest BCUT2D eigenvalue weighted by Gasteiger charge is 2.27. The maximum atomic E-state index is 13.0. The Kier molecular flexibility index (Phi) is 5.60. The second kappa shape index (κ2) is 7.92. The first-order valence-corrected chi connectivity index (χ1v) is 9.33. The molecular formula is C20H19BrN2O4. The predicted molar refractivity (Wildman–Crippen MR) is 105 cm³/mol. The van der Waals surface area contributed by atoms with Crippen LogP contribution in [0.4, 0.5) is 0 Å². The first kappa shape index (κ1) is 19.1. The van der Waals surface area contributed by atoms with Gasteiger partial charge in [-0.15, -0.1) is 0 Å². The number of ketones is 1. The predicted octanol–water partition coefficient (Wildman–Crippen LogP) is 4.25. The molecule has 0 bridgehead atoms. The van der Waals surface area contributed by atoms with Crippen molar-refractivity contribution >= 4 is 33.3 Å². The quantitative estimate of drug-likeness (QED) is 0.566. The number of aromatic nitrogens is 2. The average molecular weight is 431 g/mol. The van der Waals surface area contributed by atoms with Crippen LogP contribution in [-0.2, 0) is 4.79 Å². The zero-order valence-corrected chi connectivity index (χ0v) is 16.6. The van der Waals surface area contributed by atoms with Crippen LogP contribution >= 0.6 is 15.9 Å². The number of ether oxygens (including phenoxy) is 1. The highest BCUT2D eigenvalue weighted by atomic mass is 79.9. The number of aliphatic carboxylic acids is 1. The third-order valence-electron chi connectivity index (χ3n) is 4.31. The molecule has 0 spiro atoms. The first-order valence-electron chi connectivity index (χ1n) is 8.54. The summed E-state index contributed by atoms with van der Waals surface area (Å²) in [5, 5.41) is 9.63. The van der Waals surface area contributed by atoms with E-state index in [4.69, 9.17) is 4.74 Å². The van der Waals surface area contributed by atoms with E-state index in [-0.39, 0.29) is 12.2 Å². The Hall–Kier alpha value is -2.67. The van der Waals surface area contributed by atoms with Crippen LogP contribution in [-0.4, -0.2) is 32.9 Å². The van der Waals surface area contributed by atoms with Crippen molar-refractivity contribution in [1.82, 2.24) is 9.38 Å². The van der Waals surface area contributed by atoms with E-state index in [0.717, 1.165) is 4.47 Å². The number of nitrogens with zero attached hydrogens (tertiary/aromatic N) is 2. The molecule has 1 N–H and O–H groups in total. The van der Waals surface area contributed by atoms with Crippen LogP contribution in [0.2, 0.25) is 0 Å². The SMILES string of the molecule is CCOc1cccn2c(C(=O)CC(C(=O)O)c3ccc(Br)cc3)c(C)nc12. The van der Waals surface area contributed by atoms with Gasteiger partial charge in [0, 0.05) is 17.1 Å². The van der Waals surface area contributed by atoms with E-state index in [1.807, 2.05) is 6.92 Å². The third-order valence-corrected chi connectivity index (χ3v) is 4.84. The number of hydrogen-bond acceptors (Lipinski definition) is 4. The molecule has 0 saturated carbocycles. The van der Waals surface area contributed by atoms with Crippen LogP contribution in [0.15, 0.2) is 47.1 Å². The van der Waals surface area contributed by atoms with Crippen LogP contribution in [0, 0.1) is 6.92 Å². The number of hydrogen-bond donors (Lipinski definition) is 1. The summed E-state index contributed by atoms with van der Waals surface area (Å²) in [7, 11) is 0. The minimum absolute atomic E-state index is 0.148. The van der Waals surface area contributed by atoms with Gasteiger partial charge in [0.2, 0.25) is 0 Å². The summed E-state index contributed by atoms with van der Waals surface area (Å²) in [6.07, 6.45) is 1.59. The lowest BCUT2D eigenvalue weighted by atomic mass is 9.92. The molecule has 3 rings (SSSR count). The van der Waals surface area contributed by atoms with E-state index >= 15 is 0 Å². The van der Waals surface area contributed by atoms with Crippen molar-refractivity contribution in [2.45, 2.75) is 26.2 Å². The molecule has 0 fully saturated rings. The van der Waals surface area contributed by atoms with E-state index in [9.17, 15) is 14.7 Å². The number of carbonyl (C=O) groups is 2. The lowest BCUT2D eigenvalue weighted by Gasteiger charge is -2.13. The number of carboxylic acids is 1. The van der Waals surface area contributed by atoms with Crippen molar-refractivity contribution in [2.75, 3.05) is 6.61 Å². The fourth-order valence-corrected chi connectivity index (χ4v) is 3.35. The van der Waals surface area contributed by atoms with Crippen molar-refractivity contribution < 1.29 is 19.4 Å². The van der Waals surface area contributed by atoms with Gasteiger partial charge in [0.05, 0.1) is 18.2 Å². The van der Waals surface area contributed by atoms with E-state index in [1.54, 1.807) is 53.9 Å². The van der Waals surface area contributed by atoms with Crippen LogP contribution in [0.25, 0.3) is 5.65 Å². The normalized spacial score (nSPS) is 12.1. The third kappa shape index (κ3) is 3.88. The van der Waals surface area contributed by atoms with Gasteiger partial charge in [-0.3, -0.25) is 14.0 Å². The lowest BCUT2D eigenvalue weighted by molar-refractivity contribution is -0.138. The standard InChI is InChI=1S/C20H19BrN2O4/c1-3-27-17-5-4-10-23-18(12(2)22-19(17)23)16(24)11-15(20(25)26)13-6-8-14(21)9-7-13/h4-10,15H,3,11H2,1-2H3,(H,25,26). The molecule has 3 aromatic rings. The van der Waals surface area contributed by atoms with Gasteiger partial charge in [-0.2, -0.15) is 0 Å². The number of benzene rings is 1. The van der Waals surface area contributed by atoms with Gasteiger partial charge in [0.15, 0.2) is 17.2 Å². The van der Waals surface area contributed by atoms with Gasteiger partial charge in [-0.25, -0.2) is 4.98 Å². The van der Waals surface area contributed by atoms with Crippen molar-refractivity contribution in [2.24, 2.45) is 0 Å². The fraction of sp³-hybridized carbons (Fsp3) is 0.250. The maximum Gasteiger partial charge on any atom is 0.311 e. The Balaban J connectivity index is 1.97. The molecule has 140 valence electrons. The van der Waals surface area contributed by atoms with Crippen LogP contribution in [0.3, 0.4) is 0 Å². The smallest absolute Gasteiger partial charge is 0.311 e. The molecular weight excluding hydrogens is 412 g/mol. The van der Waals surface area contributed by atoms with Gasteiger partial charge in [0.1, 0.15) is 5.69 Å². The van der Waals surface area contributed by atoms with Gasteiger partial charge >= 0.3 is 5.97 Å². The van der Waals surface area contributed by atoms with E-state index in [0.29, 0.717) is 35.0 Å². The van der Waals surface area contributed by atoms with E-state index < -0.39 is 11.9 Å². The number of carbonyl (C=O) groups excluding carboxylic acids is 1. The molecule has 1 aromatic carbocycles. The Morgan fingerprint density at radius 3 is 2.59 bits per heavy atom. The van der Waals surface area contributed by atoms with E-state index in [2.05, 4.69) is 20.9 Å². The summed E-state index contributed by atoms with van der Waals surface area (Å²) in [6.45, 7) is 4.10. The number of rotatable bonds is 7. The number of pyridine rings is 1. The Morgan fingerprint density at radius 1 is 1.26 bits per heavy atom. The molecule has 2 heterocycles. The monoisotopic (exact) mass is 430 g/mol. The number of carboxylic acid groups (broad SMARTS) is 1. The van der Waals surface area contributed by atoms with Gasteiger partial charge < -0.3 is 9.84 Å². The maximum absolute atomic E-state index is 13.0. The van der Waals surface area contributed by atoms with Gasteiger partial charge in [0.25, 0.3) is 0 Å². The average Bonchev–Trinajstić information content (AvgIpc) is 2.97. The van der Waals surface area contributed by atoms with Crippen molar-refractivity contribution in [3.8, 4) is 5.75 Å². The molecule has 27 heavy (non-hydrogen) atoms. The zero-order chi connectivity index (χ0) is 19.6. The summed E-state index contributed by atoms with van der Waals surface area (Å²) in [6, 6.07) is 10.5. The molecule has 0 radical (unpaired) electrons. The van der Waals surface area contributed by atoms with Crippen molar-refractivity contribution in [1.29, 1.82) is 0 Å². The highest BCUT2D eigenvalue weighted by Crippen LogP contribution is 2.27. The summed E-state index contributed by atoms with van der Waals surface area (Å²) in [5.74, 6) is -1.65. The Labute approximate surface area is 164 Å². The van der Waals surface area contributed by atoms with Gasteiger partial charge in [-0.05, 0) is 43.7 Å². The fourth-order valence-electron chi connectivity index (χ4n) is 3.09. The number of Topliss-reactive ketones (excluding diaryl/α,β-unsaturated/α-hetero) is 1.